The Labute approximate surface area is 121 Å². The van der Waals surface area contributed by atoms with Gasteiger partial charge in [0.1, 0.15) is 5.54 Å². The van der Waals surface area contributed by atoms with E-state index < -0.39 is 11.5 Å². The normalized spacial score (nSPS) is 17.5. The van der Waals surface area contributed by atoms with Gasteiger partial charge in [0, 0.05) is 10.9 Å². The zero-order valence-electron chi connectivity index (χ0n) is 11.6. The van der Waals surface area contributed by atoms with Gasteiger partial charge >= 0.3 is 5.97 Å². The van der Waals surface area contributed by atoms with Crippen LogP contribution in [-0.4, -0.2) is 32.7 Å². The molecular formula is C15H17N3O3. The predicted molar refractivity (Wildman–Crippen MR) is 77.0 cm³/mol. The number of carboxylic acids is 1. The van der Waals surface area contributed by atoms with Crippen LogP contribution >= 0.6 is 0 Å². The van der Waals surface area contributed by atoms with Gasteiger partial charge in [0.2, 0.25) is 0 Å². The molecule has 0 spiro atoms. The summed E-state index contributed by atoms with van der Waals surface area (Å²) in [5.41, 5.74) is 0.0757. The molecule has 3 rings (SSSR count). The first-order valence-electron chi connectivity index (χ1n) is 7.10. The van der Waals surface area contributed by atoms with Crippen LogP contribution in [-0.2, 0) is 4.79 Å². The molecule has 1 fully saturated rings. The number of nitrogens with one attached hydrogen (secondary N) is 2. The molecule has 1 heterocycles. The quantitative estimate of drug-likeness (QED) is 0.805. The molecule has 110 valence electrons. The van der Waals surface area contributed by atoms with Crippen molar-refractivity contribution in [2.24, 2.45) is 0 Å². The van der Waals surface area contributed by atoms with Crippen LogP contribution in [0.15, 0.2) is 24.4 Å². The van der Waals surface area contributed by atoms with E-state index in [0.717, 1.165) is 30.2 Å². The number of fused-ring (bicyclic) bond motifs is 1. The summed E-state index contributed by atoms with van der Waals surface area (Å²) in [6.07, 6.45) is 5.32. The molecule has 1 amide bonds. The second-order valence-electron chi connectivity index (χ2n) is 5.57. The maximum absolute atomic E-state index is 12.4. The van der Waals surface area contributed by atoms with Gasteiger partial charge in [-0.15, -0.1) is 0 Å². The average Bonchev–Trinajstić information content (AvgIpc) is 2.95. The number of H-pyrrole nitrogens is 1. The average molecular weight is 287 g/mol. The SMILES string of the molecule is O=C(NC1(C(=O)O)CCCCC1)c1ccc2cn[nH]c2c1. The first-order valence-corrected chi connectivity index (χ1v) is 7.10. The van der Waals surface area contributed by atoms with Crippen LogP contribution in [0, 0.1) is 0 Å². The summed E-state index contributed by atoms with van der Waals surface area (Å²) in [7, 11) is 0. The van der Waals surface area contributed by atoms with E-state index in [4.69, 9.17) is 0 Å². The number of nitrogens with zero attached hydrogens (tertiary/aromatic N) is 1. The lowest BCUT2D eigenvalue weighted by molar-refractivity contribution is -0.145. The van der Waals surface area contributed by atoms with Crippen molar-refractivity contribution in [2.45, 2.75) is 37.6 Å². The van der Waals surface area contributed by atoms with Crippen molar-refractivity contribution >= 4 is 22.8 Å². The number of benzene rings is 1. The van der Waals surface area contributed by atoms with Crippen molar-refractivity contribution in [3.05, 3.63) is 30.0 Å². The molecule has 1 aromatic heterocycles. The minimum absolute atomic E-state index is 0.351. The van der Waals surface area contributed by atoms with Gasteiger partial charge in [-0.25, -0.2) is 4.79 Å². The molecule has 6 nitrogen and oxygen atoms in total. The van der Waals surface area contributed by atoms with Crippen molar-refractivity contribution in [3.8, 4) is 0 Å². The fraction of sp³-hybridized carbons (Fsp3) is 0.400. The summed E-state index contributed by atoms with van der Waals surface area (Å²) >= 11 is 0. The van der Waals surface area contributed by atoms with Crippen LogP contribution in [0.25, 0.3) is 10.9 Å². The predicted octanol–water partition coefficient (Wildman–Crippen LogP) is 2.08. The molecule has 0 aliphatic heterocycles. The molecule has 21 heavy (non-hydrogen) atoms. The van der Waals surface area contributed by atoms with Gasteiger partial charge in [0.25, 0.3) is 5.91 Å². The highest BCUT2D eigenvalue weighted by molar-refractivity contribution is 6.00. The van der Waals surface area contributed by atoms with Crippen molar-refractivity contribution in [3.63, 3.8) is 0 Å². The largest absolute Gasteiger partial charge is 0.480 e. The fourth-order valence-electron chi connectivity index (χ4n) is 2.92. The van der Waals surface area contributed by atoms with Crippen LogP contribution < -0.4 is 5.32 Å². The molecule has 3 N–H and O–H groups in total. The van der Waals surface area contributed by atoms with E-state index in [2.05, 4.69) is 15.5 Å². The van der Waals surface area contributed by atoms with Crippen LogP contribution in [0.5, 0.6) is 0 Å². The van der Waals surface area contributed by atoms with Gasteiger partial charge in [-0.2, -0.15) is 5.10 Å². The third-order valence-electron chi connectivity index (χ3n) is 4.17. The Balaban J connectivity index is 1.85. The van der Waals surface area contributed by atoms with Crippen LogP contribution in [0.1, 0.15) is 42.5 Å². The van der Waals surface area contributed by atoms with E-state index in [1.54, 1.807) is 24.4 Å². The number of rotatable bonds is 3. The van der Waals surface area contributed by atoms with Gasteiger partial charge in [-0.1, -0.05) is 25.3 Å². The van der Waals surface area contributed by atoms with E-state index in [9.17, 15) is 14.7 Å². The molecule has 0 radical (unpaired) electrons. The molecular weight excluding hydrogens is 270 g/mol. The molecule has 1 aliphatic rings. The molecule has 2 aromatic rings. The van der Waals surface area contributed by atoms with E-state index in [1.165, 1.54) is 0 Å². The highest BCUT2D eigenvalue weighted by Crippen LogP contribution is 2.29. The van der Waals surface area contributed by atoms with Crippen LogP contribution in [0.4, 0.5) is 0 Å². The Hall–Kier alpha value is -2.37. The zero-order valence-corrected chi connectivity index (χ0v) is 11.6. The second-order valence-corrected chi connectivity index (χ2v) is 5.57. The third kappa shape index (κ3) is 2.49. The standard InChI is InChI=1S/C15H17N3O3/c19-13(10-4-5-11-9-16-18-12(11)8-10)17-15(14(20)21)6-2-1-3-7-15/h4-5,8-9H,1-3,6-7H2,(H,16,18)(H,17,19)(H,20,21). The Morgan fingerprint density at radius 3 is 2.71 bits per heavy atom. The highest BCUT2D eigenvalue weighted by atomic mass is 16.4. The summed E-state index contributed by atoms with van der Waals surface area (Å²) in [6.45, 7) is 0. The lowest BCUT2D eigenvalue weighted by Gasteiger charge is -2.34. The molecule has 0 bridgehead atoms. The second kappa shape index (κ2) is 5.20. The minimum Gasteiger partial charge on any atom is -0.480 e. The van der Waals surface area contributed by atoms with E-state index >= 15 is 0 Å². The number of carboxylic acid groups (broad SMARTS) is 1. The Bertz CT molecular complexity index is 686. The van der Waals surface area contributed by atoms with Gasteiger partial charge in [0.05, 0.1) is 11.7 Å². The molecule has 0 saturated heterocycles. The Morgan fingerprint density at radius 1 is 1.24 bits per heavy atom. The number of hydrogen-bond acceptors (Lipinski definition) is 3. The summed E-state index contributed by atoms with van der Waals surface area (Å²) in [5, 5.41) is 19.9. The van der Waals surface area contributed by atoms with Crippen LogP contribution in [0.2, 0.25) is 0 Å². The van der Waals surface area contributed by atoms with Crippen molar-refractivity contribution in [2.75, 3.05) is 0 Å². The lowest BCUT2D eigenvalue weighted by atomic mass is 9.81. The lowest BCUT2D eigenvalue weighted by Crippen LogP contribution is -2.55. The van der Waals surface area contributed by atoms with Gasteiger partial charge in [-0.3, -0.25) is 9.89 Å². The summed E-state index contributed by atoms with van der Waals surface area (Å²) in [4.78, 5) is 24.0. The van der Waals surface area contributed by atoms with Crippen molar-refractivity contribution in [1.82, 2.24) is 15.5 Å². The van der Waals surface area contributed by atoms with E-state index in [-0.39, 0.29) is 5.91 Å². The van der Waals surface area contributed by atoms with E-state index in [0.29, 0.717) is 18.4 Å². The summed E-state index contributed by atoms with van der Waals surface area (Å²) < 4.78 is 0. The Kier molecular flexibility index (Phi) is 3.37. The number of hydrogen-bond donors (Lipinski definition) is 3. The first-order chi connectivity index (χ1) is 10.1. The molecule has 0 atom stereocenters. The number of amides is 1. The molecule has 1 saturated carbocycles. The number of carbonyl (C=O) groups excluding carboxylic acids is 1. The monoisotopic (exact) mass is 287 g/mol. The van der Waals surface area contributed by atoms with E-state index in [1.807, 2.05) is 0 Å². The van der Waals surface area contributed by atoms with Crippen LogP contribution in [0.3, 0.4) is 0 Å². The first kappa shape index (κ1) is 13.6. The smallest absolute Gasteiger partial charge is 0.329 e. The third-order valence-corrected chi connectivity index (χ3v) is 4.17. The van der Waals surface area contributed by atoms with Gasteiger partial charge < -0.3 is 10.4 Å². The molecule has 6 heteroatoms. The number of carbonyl (C=O) groups is 2. The number of aliphatic carboxylic acids is 1. The van der Waals surface area contributed by atoms with Crippen molar-refractivity contribution < 1.29 is 14.7 Å². The maximum atomic E-state index is 12.4. The minimum atomic E-state index is -1.13. The van der Waals surface area contributed by atoms with Gasteiger partial charge in [-0.05, 0) is 25.0 Å². The maximum Gasteiger partial charge on any atom is 0.329 e. The number of aromatic amines is 1. The van der Waals surface area contributed by atoms with Crippen molar-refractivity contribution in [1.29, 1.82) is 0 Å². The zero-order chi connectivity index (χ0) is 14.9. The highest BCUT2D eigenvalue weighted by Gasteiger charge is 2.41. The topological polar surface area (TPSA) is 95.1 Å². The van der Waals surface area contributed by atoms with Gasteiger partial charge in [0.15, 0.2) is 0 Å². The fourth-order valence-corrected chi connectivity index (χ4v) is 2.92. The molecule has 0 unspecified atom stereocenters. The summed E-state index contributed by atoms with van der Waals surface area (Å²) in [5.74, 6) is -1.30. The molecule has 1 aliphatic carbocycles. The number of aromatic nitrogens is 2. The Morgan fingerprint density at radius 2 is 2.00 bits per heavy atom. The molecule has 1 aromatic carbocycles. The summed E-state index contributed by atoms with van der Waals surface area (Å²) in [6, 6.07) is 5.17.